The lowest BCUT2D eigenvalue weighted by Gasteiger charge is -2.28. The third kappa shape index (κ3) is 3.49. The van der Waals surface area contributed by atoms with Gasteiger partial charge in [-0.3, -0.25) is 9.78 Å². The molecule has 4 aromatic rings. The van der Waals surface area contributed by atoms with Crippen LogP contribution in [-0.2, 0) is 4.79 Å². The highest BCUT2D eigenvalue weighted by molar-refractivity contribution is 6.05. The SMILES string of the molecule is COc1cccc(C2C(C(=O)Nc3cccnc3)=C(C)Nc3nc(-c4ccco4)nn32)c1. The summed E-state index contributed by atoms with van der Waals surface area (Å²) in [5.41, 5.74) is 2.61. The number of anilines is 2. The number of carbonyl (C=O) groups excluding carboxylic acids is 1. The van der Waals surface area contributed by atoms with Gasteiger partial charge in [-0.1, -0.05) is 12.1 Å². The average molecular weight is 428 g/mol. The molecule has 4 heterocycles. The van der Waals surface area contributed by atoms with Gasteiger partial charge in [-0.25, -0.2) is 4.68 Å². The maximum atomic E-state index is 13.4. The predicted octanol–water partition coefficient (Wildman–Crippen LogP) is 3.87. The number of hydrogen-bond acceptors (Lipinski definition) is 7. The summed E-state index contributed by atoms with van der Waals surface area (Å²) in [4.78, 5) is 22.1. The summed E-state index contributed by atoms with van der Waals surface area (Å²) in [6.07, 6.45) is 4.82. The molecule has 2 N–H and O–H groups in total. The summed E-state index contributed by atoms with van der Waals surface area (Å²) in [5.74, 6) is 1.89. The average Bonchev–Trinajstić information content (AvgIpc) is 3.48. The standard InChI is InChI=1S/C23H20N6O3/c1-14-19(22(30)26-16-7-4-10-24-13-16)20(15-6-3-8-17(12-15)31-2)29-23(25-14)27-21(28-29)18-9-5-11-32-18/h3-13,20H,1-2H3,(H,26,30)(H,25,27,28). The van der Waals surface area contributed by atoms with Gasteiger partial charge in [0, 0.05) is 11.9 Å². The number of methoxy groups -OCH3 is 1. The van der Waals surface area contributed by atoms with E-state index in [1.807, 2.05) is 31.2 Å². The van der Waals surface area contributed by atoms with Crippen LogP contribution in [0.15, 0.2) is 82.9 Å². The van der Waals surface area contributed by atoms with Crippen molar-refractivity contribution in [3.05, 3.63) is 84.0 Å². The van der Waals surface area contributed by atoms with Crippen molar-refractivity contribution in [1.82, 2.24) is 19.7 Å². The molecule has 1 aromatic carbocycles. The first kappa shape index (κ1) is 19.6. The summed E-state index contributed by atoms with van der Waals surface area (Å²) in [7, 11) is 1.61. The van der Waals surface area contributed by atoms with Crippen molar-refractivity contribution in [1.29, 1.82) is 0 Å². The number of nitrogens with zero attached hydrogens (tertiary/aromatic N) is 4. The van der Waals surface area contributed by atoms with Crippen LogP contribution in [0.25, 0.3) is 11.6 Å². The maximum absolute atomic E-state index is 13.4. The quantitative estimate of drug-likeness (QED) is 0.497. The highest BCUT2D eigenvalue weighted by Crippen LogP contribution is 2.37. The minimum atomic E-state index is -0.533. The van der Waals surface area contributed by atoms with Gasteiger partial charge >= 0.3 is 0 Å². The Balaban J connectivity index is 1.62. The van der Waals surface area contributed by atoms with Gasteiger partial charge in [-0.2, -0.15) is 4.98 Å². The maximum Gasteiger partial charge on any atom is 0.255 e. The van der Waals surface area contributed by atoms with E-state index in [0.717, 1.165) is 5.56 Å². The molecule has 0 spiro atoms. The topological polar surface area (TPSA) is 107 Å². The van der Waals surface area contributed by atoms with Gasteiger partial charge in [0.1, 0.15) is 11.8 Å². The van der Waals surface area contributed by atoms with E-state index in [-0.39, 0.29) is 5.91 Å². The van der Waals surface area contributed by atoms with E-state index in [1.54, 1.807) is 54.7 Å². The van der Waals surface area contributed by atoms with Gasteiger partial charge in [0.25, 0.3) is 5.91 Å². The molecule has 0 saturated heterocycles. The smallest absolute Gasteiger partial charge is 0.255 e. The Morgan fingerprint density at radius 3 is 2.88 bits per heavy atom. The lowest BCUT2D eigenvalue weighted by atomic mass is 9.95. The predicted molar refractivity (Wildman–Crippen MR) is 118 cm³/mol. The molecule has 0 aliphatic carbocycles. The van der Waals surface area contributed by atoms with Gasteiger partial charge < -0.3 is 19.8 Å². The molecule has 160 valence electrons. The van der Waals surface area contributed by atoms with E-state index in [0.29, 0.717) is 40.2 Å². The second kappa shape index (κ2) is 8.03. The molecule has 3 aromatic heterocycles. The Bertz CT molecular complexity index is 1290. The number of aromatic nitrogens is 4. The first-order chi connectivity index (χ1) is 15.6. The zero-order valence-electron chi connectivity index (χ0n) is 17.4. The Kier molecular flexibility index (Phi) is 4.91. The molecule has 1 aliphatic heterocycles. The van der Waals surface area contributed by atoms with E-state index in [2.05, 4.69) is 25.7 Å². The summed E-state index contributed by atoms with van der Waals surface area (Å²) in [5, 5.41) is 10.8. The molecule has 0 fully saturated rings. The molecule has 1 aliphatic rings. The highest BCUT2D eigenvalue weighted by atomic mass is 16.5. The van der Waals surface area contributed by atoms with Crippen LogP contribution in [0.5, 0.6) is 5.75 Å². The fraction of sp³-hybridized carbons (Fsp3) is 0.130. The van der Waals surface area contributed by atoms with E-state index >= 15 is 0 Å². The molecule has 1 atom stereocenters. The largest absolute Gasteiger partial charge is 0.497 e. The number of nitrogens with one attached hydrogen (secondary N) is 2. The first-order valence-electron chi connectivity index (χ1n) is 9.97. The Labute approximate surface area is 183 Å². The molecule has 0 saturated carbocycles. The summed E-state index contributed by atoms with van der Waals surface area (Å²) < 4.78 is 12.6. The van der Waals surface area contributed by atoms with Crippen molar-refractivity contribution in [3.63, 3.8) is 0 Å². The second-order valence-corrected chi connectivity index (χ2v) is 7.22. The van der Waals surface area contributed by atoms with Crippen molar-refractivity contribution in [2.24, 2.45) is 0 Å². The van der Waals surface area contributed by atoms with Gasteiger partial charge in [0.15, 0.2) is 5.76 Å². The monoisotopic (exact) mass is 428 g/mol. The fourth-order valence-electron chi connectivity index (χ4n) is 3.71. The van der Waals surface area contributed by atoms with Crippen molar-refractivity contribution >= 4 is 17.5 Å². The molecule has 1 amide bonds. The number of benzene rings is 1. The van der Waals surface area contributed by atoms with Crippen molar-refractivity contribution in [2.45, 2.75) is 13.0 Å². The third-order valence-corrected chi connectivity index (χ3v) is 5.17. The number of furan rings is 1. The van der Waals surface area contributed by atoms with E-state index in [1.165, 1.54) is 0 Å². The fourth-order valence-corrected chi connectivity index (χ4v) is 3.71. The number of allylic oxidation sites excluding steroid dienone is 1. The van der Waals surface area contributed by atoms with Crippen molar-refractivity contribution in [2.75, 3.05) is 17.7 Å². The van der Waals surface area contributed by atoms with Crippen LogP contribution in [0, 0.1) is 0 Å². The molecule has 0 bridgehead atoms. The number of hydrogen-bond donors (Lipinski definition) is 2. The first-order valence-corrected chi connectivity index (χ1v) is 9.97. The molecule has 9 nitrogen and oxygen atoms in total. The van der Waals surface area contributed by atoms with E-state index in [9.17, 15) is 4.79 Å². The Hall–Kier alpha value is -4.40. The second-order valence-electron chi connectivity index (χ2n) is 7.22. The molecular formula is C23H20N6O3. The van der Waals surface area contributed by atoms with Crippen LogP contribution >= 0.6 is 0 Å². The van der Waals surface area contributed by atoms with Crippen molar-refractivity contribution in [3.8, 4) is 17.3 Å². The molecular weight excluding hydrogens is 408 g/mol. The third-order valence-electron chi connectivity index (χ3n) is 5.17. The number of rotatable bonds is 5. The van der Waals surface area contributed by atoms with Crippen LogP contribution in [-0.4, -0.2) is 32.8 Å². The number of ether oxygens (including phenoxy) is 1. The number of carbonyl (C=O) groups is 1. The summed E-state index contributed by atoms with van der Waals surface area (Å²) in [6, 6.07) is 14.1. The summed E-state index contributed by atoms with van der Waals surface area (Å²) >= 11 is 0. The number of fused-ring (bicyclic) bond motifs is 1. The summed E-state index contributed by atoms with van der Waals surface area (Å²) in [6.45, 7) is 1.84. The van der Waals surface area contributed by atoms with Crippen LogP contribution in [0.2, 0.25) is 0 Å². The van der Waals surface area contributed by atoms with Gasteiger partial charge in [-0.15, -0.1) is 5.10 Å². The van der Waals surface area contributed by atoms with Gasteiger partial charge in [-0.05, 0) is 48.9 Å². The van der Waals surface area contributed by atoms with E-state index < -0.39 is 6.04 Å². The highest BCUT2D eigenvalue weighted by Gasteiger charge is 2.35. The molecule has 32 heavy (non-hydrogen) atoms. The molecule has 5 rings (SSSR count). The van der Waals surface area contributed by atoms with Crippen molar-refractivity contribution < 1.29 is 13.9 Å². The minimum Gasteiger partial charge on any atom is -0.497 e. The van der Waals surface area contributed by atoms with Crippen LogP contribution in [0.4, 0.5) is 11.6 Å². The molecule has 1 unspecified atom stereocenters. The lowest BCUT2D eigenvalue weighted by Crippen LogP contribution is -2.31. The lowest BCUT2D eigenvalue weighted by molar-refractivity contribution is -0.113. The zero-order valence-corrected chi connectivity index (χ0v) is 17.4. The molecule has 9 heteroatoms. The zero-order chi connectivity index (χ0) is 22.1. The number of pyridine rings is 1. The Morgan fingerprint density at radius 2 is 2.12 bits per heavy atom. The minimum absolute atomic E-state index is 0.267. The van der Waals surface area contributed by atoms with Gasteiger partial charge in [0.2, 0.25) is 11.8 Å². The normalized spacial score (nSPS) is 15.1. The van der Waals surface area contributed by atoms with Crippen LogP contribution in [0.3, 0.4) is 0 Å². The molecule has 0 radical (unpaired) electrons. The number of amides is 1. The van der Waals surface area contributed by atoms with E-state index in [4.69, 9.17) is 9.15 Å². The van der Waals surface area contributed by atoms with Gasteiger partial charge in [0.05, 0.1) is 30.8 Å². The Morgan fingerprint density at radius 1 is 1.22 bits per heavy atom. The van der Waals surface area contributed by atoms with Crippen LogP contribution in [0.1, 0.15) is 18.5 Å². The van der Waals surface area contributed by atoms with Crippen LogP contribution < -0.4 is 15.4 Å².